The molecule has 6 heteroatoms. The first-order chi connectivity index (χ1) is 12.9. The number of hydrogen-bond acceptors (Lipinski definition) is 5. The van der Waals surface area contributed by atoms with Gasteiger partial charge in [-0.1, -0.05) is 18.2 Å². The molecule has 0 aliphatic carbocycles. The van der Waals surface area contributed by atoms with Crippen LogP contribution in [0.5, 0.6) is 0 Å². The molecule has 0 saturated carbocycles. The number of sulfone groups is 1. The zero-order valence-corrected chi connectivity index (χ0v) is 16.3. The molecule has 0 atom stereocenters. The third-order valence-electron chi connectivity index (χ3n) is 4.94. The van der Waals surface area contributed by atoms with E-state index in [1.807, 2.05) is 12.1 Å². The van der Waals surface area contributed by atoms with Crippen LogP contribution in [0, 0.1) is 0 Å². The van der Waals surface area contributed by atoms with Crippen LogP contribution >= 0.6 is 0 Å². The summed E-state index contributed by atoms with van der Waals surface area (Å²) in [6, 6.07) is 16.3. The summed E-state index contributed by atoms with van der Waals surface area (Å²) in [4.78, 5) is 7.21. The Bertz CT molecular complexity index is 1080. The van der Waals surface area contributed by atoms with E-state index in [0.717, 1.165) is 36.2 Å². The molecule has 3 aromatic rings. The van der Waals surface area contributed by atoms with E-state index in [1.165, 1.54) is 6.20 Å². The van der Waals surface area contributed by atoms with Gasteiger partial charge in [-0.05, 0) is 50.2 Å². The Labute approximate surface area is 160 Å². The van der Waals surface area contributed by atoms with Gasteiger partial charge in [0.15, 0.2) is 0 Å². The summed E-state index contributed by atoms with van der Waals surface area (Å²) < 4.78 is 25.8. The van der Waals surface area contributed by atoms with Gasteiger partial charge in [-0.3, -0.25) is 4.98 Å². The Morgan fingerprint density at radius 2 is 1.81 bits per heavy atom. The van der Waals surface area contributed by atoms with Crippen molar-refractivity contribution in [1.29, 1.82) is 0 Å². The second kappa shape index (κ2) is 6.62. The molecule has 1 aromatic heterocycles. The van der Waals surface area contributed by atoms with Crippen LogP contribution in [0.2, 0.25) is 0 Å². The quantitative estimate of drug-likeness (QED) is 0.755. The third-order valence-corrected chi connectivity index (χ3v) is 6.68. The predicted octanol–water partition coefficient (Wildman–Crippen LogP) is 3.26. The summed E-state index contributed by atoms with van der Waals surface area (Å²) in [5, 5.41) is 4.34. The van der Waals surface area contributed by atoms with Gasteiger partial charge in [-0.2, -0.15) is 0 Å². The van der Waals surface area contributed by atoms with Gasteiger partial charge in [0, 0.05) is 42.4 Å². The van der Waals surface area contributed by atoms with Crippen LogP contribution in [-0.2, 0) is 9.84 Å². The zero-order chi connectivity index (χ0) is 19.1. The molecule has 4 rings (SSSR count). The van der Waals surface area contributed by atoms with Crippen LogP contribution in [0.1, 0.15) is 13.8 Å². The van der Waals surface area contributed by atoms with Gasteiger partial charge in [-0.15, -0.1) is 0 Å². The Balaban J connectivity index is 1.74. The molecule has 1 aliphatic rings. The second-order valence-corrected chi connectivity index (χ2v) is 9.55. The number of nitrogens with zero attached hydrogens (tertiary/aromatic N) is 2. The molecule has 5 nitrogen and oxygen atoms in total. The van der Waals surface area contributed by atoms with Crippen molar-refractivity contribution in [3.8, 4) is 0 Å². The molecule has 2 heterocycles. The molecule has 140 valence electrons. The summed E-state index contributed by atoms with van der Waals surface area (Å²) in [6.07, 6.45) is 1.44. The van der Waals surface area contributed by atoms with Gasteiger partial charge in [0.2, 0.25) is 9.84 Å². The van der Waals surface area contributed by atoms with Crippen LogP contribution in [0.3, 0.4) is 0 Å². The van der Waals surface area contributed by atoms with Crippen molar-refractivity contribution in [2.75, 3.05) is 24.5 Å². The summed E-state index contributed by atoms with van der Waals surface area (Å²) in [6.45, 7) is 7.11. The molecular formula is C21H23N3O2S. The number of anilines is 1. The first-order valence-corrected chi connectivity index (χ1v) is 10.5. The Morgan fingerprint density at radius 1 is 1.04 bits per heavy atom. The normalized spacial score (nSPS) is 17.2. The van der Waals surface area contributed by atoms with Gasteiger partial charge in [0.1, 0.15) is 0 Å². The van der Waals surface area contributed by atoms with Crippen molar-refractivity contribution < 1.29 is 8.42 Å². The minimum absolute atomic E-state index is 0.0456. The lowest BCUT2D eigenvalue weighted by molar-refractivity contribution is 0.353. The van der Waals surface area contributed by atoms with E-state index in [2.05, 4.69) is 35.1 Å². The average Bonchev–Trinajstić information content (AvgIpc) is 2.67. The van der Waals surface area contributed by atoms with Crippen LogP contribution in [0.4, 0.5) is 5.69 Å². The Kier molecular flexibility index (Phi) is 4.40. The maximum atomic E-state index is 12.9. The average molecular weight is 382 g/mol. The summed E-state index contributed by atoms with van der Waals surface area (Å²) in [7, 11) is -3.57. The fraction of sp³-hybridized carbons (Fsp3) is 0.286. The highest BCUT2D eigenvalue weighted by Crippen LogP contribution is 2.27. The number of piperazine rings is 1. The van der Waals surface area contributed by atoms with Crippen molar-refractivity contribution in [1.82, 2.24) is 10.3 Å². The van der Waals surface area contributed by atoms with E-state index in [9.17, 15) is 8.42 Å². The molecule has 0 radical (unpaired) electrons. The van der Waals surface area contributed by atoms with E-state index in [0.29, 0.717) is 0 Å². The van der Waals surface area contributed by atoms with Crippen LogP contribution in [0.25, 0.3) is 10.9 Å². The first-order valence-electron chi connectivity index (χ1n) is 9.05. The Morgan fingerprint density at radius 3 is 2.56 bits per heavy atom. The van der Waals surface area contributed by atoms with E-state index in [-0.39, 0.29) is 15.3 Å². The van der Waals surface area contributed by atoms with Crippen LogP contribution in [0.15, 0.2) is 70.6 Å². The predicted molar refractivity (Wildman–Crippen MR) is 108 cm³/mol. The van der Waals surface area contributed by atoms with Crippen molar-refractivity contribution in [3.63, 3.8) is 0 Å². The van der Waals surface area contributed by atoms with E-state index in [1.54, 1.807) is 36.4 Å². The smallest absolute Gasteiger partial charge is 0.208 e. The lowest BCUT2D eigenvalue weighted by Gasteiger charge is -2.40. The van der Waals surface area contributed by atoms with Gasteiger partial charge < -0.3 is 10.2 Å². The number of nitrogens with one attached hydrogen (secondary N) is 1. The fourth-order valence-electron chi connectivity index (χ4n) is 3.54. The van der Waals surface area contributed by atoms with Gasteiger partial charge >= 0.3 is 0 Å². The zero-order valence-electron chi connectivity index (χ0n) is 15.5. The molecule has 1 saturated heterocycles. The SMILES string of the molecule is CC1(C)CN(c2ccc3ncc(S(=O)(=O)c4ccccc4)cc3c2)CCN1. The summed E-state index contributed by atoms with van der Waals surface area (Å²) >= 11 is 0. The van der Waals surface area contributed by atoms with Gasteiger partial charge in [0.25, 0.3) is 0 Å². The van der Waals surface area contributed by atoms with Gasteiger partial charge in [-0.25, -0.2) is 8.42 Å². The molecular weight excluding hydrogens is 358 g/mol. The fourth-order valence-corrected chi connectivity index (χ4v) is 4.80. The number of hydrogen-bond donors (Lipinski definition) is 1. The summed E-state index contributed by atoms with van der Waals surface area (Å²) in [5.41, 5.74) is 1.93. The second-order valence-electron chi connectivity index (χ2n) is 7.60. The molecule has 27 heavy (non-hydrogen) atoms. The molecule has 1 N–H and O–H groups in total. The monoisotopic (exact) mass is 381 g/mol. The molecule has 0 spiro atoms. The van der Waals surface area contributed by atoms with Gasteiger partial charge in [0.05, 0.1) is 15.3 Å². The van der Waals surface area contributed by atoms with Crippen LogP contribution in [-0.4, -0.2) is 38.6 Å². The number of aromatic nitrogens is 1. The highest BCUT2D eigenvalue weighted by atomic mass is 32.2. The van der Waals surface area contributed by atoms with E-state index >= 15 is 0 Å². The topological polar surface area (TPSA) is 62.3 Å². The largest absolute Gasteiger partial charge is 0.368 e. The van der Waals surface area contributed by atoms with Crippen molar-refractivity contribution in [2.45, 2.75) is 29.2 Å². The molecule has 2 aromatic carbocycles. The Hall–Kier alpha value is -2.44. The number of pyridine rings is 1. The molecule has 1 aliphatic heterocycles. The van der Waals surface area contributed by atoms with E-state index < -0.39 is 9.84 Å². The summed E-state index contributed by atoms with van der Waals surface area (Å²) in [5.74, 6) is 0. The standard InChI is InChI=1S/C21H23N3O2S/c1-21(2)15-24(11-10-23-21)17-8-9-20-16(12-17)13-19(14-22-20)27(25,26)18-6-4-3-5-7-18/h3-9,12-14,23H,10-11,15H2,1-2H3. The van der Waals surface area contributed by atoms with Crippen LogP contribution < -0.4 is 10.2 Å². The third kappa shape index (κ3) is 3.55. The van der Waals surface area contributed by atoms with Crippen molar-refractivity contribution in [3.05, 3.63) is 60.8 Å². The number of fused-ring (bicyclic) bond motifs is 1. The molecule has 1 fully saturated rings. The maximum Gasteiger partial charge on any atom is 0.208 e. The lowest BCUT2D eigenvalue weighted by Crippen LogP contribution is -2.57. The first kappa shape index (κ1) is 17.9. The lowest BCUT2D eigenvalue weighted by atomic mass is 10.0. The highest BCUT2D eigenvalue weighted by Gasteiger charge is 2.26. The molecule has 0 bridgehead atoms. The number of benzene rings is 2. The van der Waals surface area contributed by atoms with E-state index in [4.69, 9.17) is 0 Å². The van der Waals surface area contributed by atoms with Crippen molar-refractivity contribution >= 4 is 26.4 Å². The highest BCUT2D eigenvalue weighted by molar-refractivity contribution is 7.91. The number of rotatable bonds is 3. The minimum Gasteiger partial charge on any atom is -0.368 e. The molecule has 0 amide bonds. The van der Waals surface area contributed by atoms with Crippen molar-refractivity contribution in [2.24, 2.45) is 0 Å². The molecule has 0 unspecified atom stereocenters. The maximum absolute atomic E-state index is 12.9. The minimum atomic E-state index is -3.57.